The molecule has 0 fully saturated rings. The Morgan fingerprint density at radius 3 is 1.88 bits per heavy atom. The Balaban J connectivity index is 2.98. The summed E-state index contributed by atoms with van der Waals surface area (Å²) >= 11 is 0. The highest BCUT2D eigenvalue weighted by Gasteiger charge is 2.31. The molecule has 0 aliphatic rings. The largest absolute Gasteiger partial charge is 0.392 e. The van der Waals surface area contributed by atoms with Gasteiger partial charge in [-0.15, -0.1) is 0 Å². The second kappa shape index (κ2) is 4.99. The lowest BCUT2D eigenvalue weighted by Gasteiger charge is -2.35. The SMILES string of the molecule is CC(C)(C)P(O[Si](C)(C)C)c1ccccc1. The molecule has 0 heterocycles. The van der Waals surface area contributed by atoms with Gasteiger partial charge in [0.1, 0.15) is 0 Å². The maximum absolute atomic E-state index is 6.39. The number of hydrogen-bond acceptors (Lipinski definition) is 1. The molecule has 90 valence electrons. The van der Waals surface area contributed by atoms with E-state index in [2.05, 4.69) is 70.7 Å². The third-order valence-corrected chi connectivity index (χ3v) is 6.87. The van der Waals surface area contributed by atoms with Crippen LogP contribution in [0.15, 0.2) is 30.3 Å². The molecule has 16 heavy (non-hydrogen) atoms. The van der Waals surface area contributed by atoms with E-state index in [9.17, 15) is 0 Å². The Morgan fingerprint density at radius 1 is 1.00 bits per heavy atom. The molecule has 0 spiro atoms. The van der Waals surface area contributed by atoms with Crippen LogP contribution in [0.4, 0.5) is 0 Å². The van der Waals surface area contributed by atoms with Gasteiger partial charge in [-0.3, -0.25) is 0 Å². The van der Waals surface area contributed by atoms with Gasteiger partial charge < -0.3 is 4.21 Å². The van der Waals surface area contributed by atoms with Crippen LogP contribution in [0.3, 0.4) is 0 Å². The molecular weight excluding hydrogens is 231 g/mol. The summed E-state index contributed by atoms with van der Waals surface area (Å²) in [4.78, 5) is 0. The molecule has 1 aromatic carbocycles. The molecule has 0 radical (unpaired) electrons. The smallest absolute Gasteiger partial charge is 0.189 e. The van der Waals surface area contributed by atoms with Gasteiger partial charge in [-0.2, -0.15) is 0 Å². The minimum Gasteiger partial charge on any atom is -0.392 e. The second-order valence-electron chi connectivity index (χ2n) is 6.00. The van der Waals surface area contributed by atoms with Crippen molar-refractivity contribution in [3.8, 4) is 0 Å². The summed E-state index contributed by atoms with van der Waals surface area (Å²) in [6.45, 7) is 13.6. The summed E-state index contributed by atoms with van der Waals surface area (Å²) in [7, 11) is -2.01. The van der Waals surface area contributed by atoms with Crippen molar-refractivity contribution in [2.75, 3.05) is 0 Å². The Bertz CT molecular complexity index is 324. The molecule has 1 nitrogen and oxygen atoms in total. The van der Waals surface area contributed by atoms with Gasteiger partial charge in [0.15, 0.2) is 8.32 Å². The fourth-order valence-electron chi connectivity index (χ4n) is 1.41. The van der Waals surface area contributed by atoms with Crippen molar-refractivity contribution in [1.82, 2.24) is 0 Å². The van der Waals surface area contributed by atoms with Crippen LogP contribution in [0.25, 0.3) is 0 Å². The Morgan fingerprint density at radius 2 is 1.50 bits per heavy atom. The summed E-state index contributed by atoms with van der Waals surface area (Å²) in [5.74, 6) is 0. The van der Waals surface area contributed by atoms with Crippen molar-refractivity contribution < 1.29 is 4.21 Å². The minimum atomic E-state index is -1.48. The molecular formula is C13H23OPSi. The van der Waals surface area contributed by atoms with Crippen LogP contribution in [-0.4, -0.2) is 13.5 Å². The molecule has 0 amide bonds. The third kappa shape index (κ3) is 4.37. The van der Waals surface area contributed by atoms with Crippen LogP contribution in [-0.2, 0) is 4.21 Å². The molecule has 0 aliphatic heterocycles. The monoisotopic (exact) mass is 254 g/mol. The summed E-state index contributed by atoms with van der Waals surface area (Å²) in [6.07, 6.45) is 0. The predicted molar refractivity (Wildman–Crippen MR) is 77.2 cm³/mol. The maximum atomic E-state index is 6.39. The van der Waals surface area contributed by atoms with Gasteiger partial charge in [0, 0.05) is 10.5 Å². The molecule has 1 atom stereocenters. The molecule has 1 unspecified atom stereocenters. The molecule has 0 bridgehead atoms. The fraction of sp³-hybridized carbons (Fsp3) is 0.538. The van der Waals surface area contributed by atoms with Crippen molar-refractivity contribution in [3.05, 3.63) is 30.3 Å². The molecule has 0 saturated heterocycles. The van der Waals surface area contributed by atoms with E-state index in [-0.39, 0.29) is 5.16 Å². The van der Waals surface area contributed by atoms with Crippen molar-refractivity contribution in [2.45, 2.75) is 45.6 Å². The Labute approximate surface area is 102 Å². The highest BCUT2D eigenvalue weighted by Crippen LogP contribution is 2.51. The lowest BCUT2D eigenvalue weighted by Crippen LogP contribution is -2.30. The average Bonchev–Trinajstić information content (AvgIpc) is 2.13. The second-order valence-corrected chi connectivity index (χ2v) is 13.4. The first-order valence-electron chi connectivity index (χ1n) is 5.74. The van der Waals surface area contributed by atoms with Gasteiger partial charge in [-0.05, 0) is 19.6 Å². The normalized spacial score (nSPS) is 14.9. The van der Waals surface area contributed by atoms with E-state index >= 15 is 0 Å². The number of rotatable bonds is 3. The maximum Gasteiger partial charge on any atom is 0.189 e. The number of hydrogen-bond donors (Lipinski definition) is 0. The zero-order valence-electron chi connectivity index (χ0n) is 11.2. The van der Waals surface area contributed by atoms with Crippen LogP contribution >= 0.6 is 8.15 Å². The van der Waals surface area contributed by atoms with Gasteiger partial charge in [0.05, 0.1) is 8.15 Å². The van der Waals surface area contributed by atoms with E-state index in [0.29, 0.717) is 0 Å². The number of benzene rings is 1. The van der Waals surface area contributed by atoms with E-state index in [1.807, 2.05) is 0 Å². The molecule has 0 N–H and O–H groups in total. The van der Waals surface area contributed by atoms with Gasteiger partial charge >= 0.3 is 0 Å². The lowest BCUT2D eigenvalue weighted by molar-refractivity contribution is 0.585. The first kappa shape index (κ1) is 13.9. The fourth-order valence-corrected chi connectivity index (χ4v) is 6.34. The first-order valence-corrected chi connectivity index (χ1v) is 10.4. The molecule has 1 aromatic rings. The van der Waals surface area contributed by atoms with Crippen LogP contribution < -0.4 is 5.30 Å². The average molecular weight is 254 g/mol. The first-order chi connectivity index (χ1) is 7.20. The summed E-state index contributed by atoms with van der Waals surface area (Å²) in [5.41, 5.74) is 0. The van der Waals surface area contributed by atoms with E-state index < -0.39 is 16.5 Å². The molecule has 1 rings (SSSR count). The summed E-state index contributed by atoms with van der Waals surface area (Å²) in [5, 5.41) is 1.56. The Hall–Kier alpha value is -0.173. The van der Waals surface area contributed by atoms with E-state index in [0.717, 1.165) is 0 Å². The molecule has 0 aromatic heterocycles. The van der Waals surface area contributed by atoms with Crippen molar-refractivity contribution in [1.29, 1.82) is 0 Å². The Kier molecular flexibility index (Phi) is 4.33. The zero-order valence-corrected chi connectivity index (χ0v) is 13.1. The lowest BCUT2D eigenvalue weighted by atomic mass is 10.3. The summed E-state index contributed by atoms with van der Waals surface area (Å²) in [6, 6.07) is 10.6. The van der Waals surface area contributed by atoms with Gasteiger partial charge in [-0.25, -0.2) is 0 Å². The highest BCUT2D eigenvalue weighted by atomic mass is 31.1. The van der Waals surface area contributed by atoms with Gasteiger partial charge in [0.25, 0.3) is 0 Å². The highest BCUT2D eigenvalue weighted by molar-refractivity contribution is 7.63. The zero-order chi connectivity index (χ0) is 12.4. The third-order valence-electron chi connectivity index (χ3n) is 1.97. The van der Waals surface area contributed by atoms with Crippen molar-refractivity contribution in [3.63, 3.8) is 0 Å². The molecule has 0 saturated carbocycles. The van der Waals surface area contributed by atoms with E-state index in [4.69, 9.17) is 4.21 Å². The predicted octanol–water partition coefficient (Wildman–Crippen LogP) is 4.36. The van der Waals surface area contributed by atoms with Crippen LogP contribution in [0.5, 0.6) is 0 Å². The topological polar surface area (TPSA) is 9.23 Å². The van der Waals surface area contributed by atoms with Crippen LogP contribution in [0, 0.1) is 0 Å². The quantitative estimate of drug-likeness (QED) is 0.575. The van der Waals surface area contributed by atoms with Crippen LogP contribution in [0.2, 0.25) is 19.6 Å². The van der Waals surface area contributed by atoms with Gasteiger partial charge in [-0.1, -0.05) is 51.1 Å². The molecule has 0 aliphatic carbocycles. The van der Waals surface area contributed by atoms with Crippen LogP contribution in [0.1, 0.15) is 20.8 Å². The van der Waals surface area contributed by atoms with Crippen molar-refractivity contribution >= 4 is 21.8 Å². The van der Waals surface area contributed by atoms with Gasteiger partial charge in [0.2, 0.25) is 0 Å². The minimum absolute atomic E-state index is 0.205. The standard InChI is InChI=1S/C13H23OPSi/c1-13(2,3)15(14-16(4,5)6)12-10-8-7-9-11-12/h7-11H,1-6H3. The van der Waals surface area contributed by atoms with Crippen molar-refractivity contribution in [2.24, 2.45) is 0 Å². The molecule has 3 heteroatoms. The summed E-state index contributed by atoms with van der Waals surface area (Å²) < 4.78 is 6.39. The van der Waals surface area contributed by atoms with E-state index in [1.165, 1.54) is 5.30 Å². The van der Waals surface area contributed by atoms with E-state index in [1.54, 1.807) is 0 Å².